The van der Waals surface area contributed by atoms with Gasteiger partial charge in [0.05, 0.1) is 28.1 Å². The maximum atomic E-state index is 14.3. The molecule has 5 nitrogen and oxygen atoms in total. The highest BCUT2D eigenvalue weighted by molar-refractivity contribution is 6.09. The van der Waals surface area contributed by atoms with Crippen molar-refractivity contribution in [1.29, 1.82) is 0 Å². The van der Waals surface area contributed by atoms with Crippen molar-refractivity contribution in [3.05, 3.63) is 119 Å². The molecule has 0 amide bonds. The summed E-state index contributed by atoms with van der Waals surface area (Å²) in [5.74, 6) is 3.16. The van der Waals surface area contributed by atoms with Crippen LogP contribution < -0.4 is 4.74 Å². The third-order valence-corrected chi connectivity index (χ3v) is 9.42. The zero-order chi connectivity index (χ0) is 32.1. The molecule has 234 valence electrons. The minimum Gasteiger partial charge on any atom is -0.457 e. The first-order valence-corrected chi connectivity index (χ1v) is 16.4. The van der Waals surface area contributed by atoms with Crippen LogP contribution in [0.4, 0.5) is 4.39 Å². The summed E-state index contributed by atoms with van der Waals surface area (Å²) in [4.78, 5) is 4.50. The molecule has 0 bridgehead atoms. The molecule has 46 heavy (non-hydrogen) atoms. The van der Waals surface area contributed by atoms with Gasteiger partial charge >= 0.3 is 0 Å². The summed E-state index contributed by atoms with van der Waals surface area (Å²) in [6.07, 6.45) is 6.27. The van der Waals surface area contributed by atoms with E-state index in [9.17, 15) is 4.39 Å². The molecule has 0 aliphatic heterocycles. The van der Waals surface area contributed by atoms with Crippen LogP contribution in [0, 0.1) is 11.7 Å². The van der Waals surface area contributed by atoms with Crippen LogP contribution in [0.3, 0.4) is 0 Å². The Hall–Kier alpha value is -4.71. The molecule has 0 fully saturated rings. The van der Waals surface area contributed by atoms with Crippen LogP contribution in [-0.4, -0.2) is 19.3 Å². The normalized spacial score (nSPS) is 16.9. The zero-order valence-corrected chi connectivity index (χ0v) is 27.5. The quantitative estimate of drug-likeness (QED) is 0.169. The number of pyridine rings is 1. The smallest absolute Gasteiger partial charge is 0.140 e. The fourth-order valence-corrected chi connectivity index (χ4v) is 7.38. The van der Waals surface area contributed by atoms with Crippen LogP contribution in [-0.2, 0) is 0 Å². The van der Waals surface area contributed by atoms with Gasteiger partial charge in [-0.1, -0.05) is 70.5 Å². The molecule has 1 aliphatic carbocycles. The summed E-state index contributed by atoms with van der Waals surface area (Å²) in [6.45, 7) is 13.7. The van der Waals surface area contributed by atoms with Crippen molar-refractivity contribution >= 4 is 21.8 Å². The predicted octanol–water partition coefficient (Wildman–Crippen LogP) is 11.0. The molecule has 0 N–H and O–H groups in total. The molecule has 0 saturated carbocycles. The highest BCUT2D eigenvalue weighted by Crippen LogP contribution is 2.45. The summed E-state index contributed by atoms with van der Waals surface area (Å²) >= 11 is 0. The Morgan fingerprint density at radius 3 is 2.39 bits per heavy atom. The van der Waals surface area contributed by atoms with Crippen molar-refractivity contribution in [3.63, 3.8) is 0 Å². The van der Waals surface area contributed by atoms with Gasteiger partial charge < -0.3 is 4.74 Å². The Labute approximate surface area is 270 Å². The van der Waals surface area contributed by atoms with Gasteiger partial charge in [0.2, 0.25) is 0 Å². The number of fused-ring (bicyclic) bond motifs is 3. The second kappa shape index (κ2) is 11.9. The van der Waals surface area contributed by atoms with Crippen molar-refractivity contribution in [1.82, 2.24) is 19.3 Å². The highest BCUT2D eigenvalue weighted by Gasteiger charge is 2.33. The zero-order valence-electron chi connectivity index (χ0n) is 27.5. The SMILES string of the molecule is CC1=CCC[C@H](C)[C@@H]1c1c(C(C)C)nn(-c2cccc(Oc3ccc4c5ccccc5n(-c5cc(F)ccn5)c4c3)c2)c1C(C)C. The topological polar surface area (TPSA) is 44.9 Å². The Morgan fingerprint density at radius 1 is 0.848 bits per heavy atom. The van der Waals surface area contributed by atoms with Crippen LogP contribution in [0.15, 0.2) is 96.7 Å². The first kappa shape index (κ1) is 30.0. The summed E-state index contributed by atoms with van der Waals surface area (Å²) < 4.78 is 25.0. The fraction of sp³-hybridized carbons (Fsp3) is 0.300. The van der Waals surface area contributed by atoms with E-state index in [0.29, 0.717) is 35.2 Å². The number of hydrogen-bond acceptors (Lipinski definition) is 3. The van der Waals surface area contributed by atoms with Gasteiger partial charge in [-0.3, -0.25) is 4.57 Å². The van der Waals surface area contributed by atoms with Crippen LogP contribution in [0.2, 0.25) is 0 Å². The minimum absolute atomic E-state index is 0.294. The second-order valence-corrected chi connectivity index (χ2v) is 13.3. The number of para-hydroxylation sites is 1. The Kier molecular flexibility index (Phi) is 7.75. The van der Waals surface area contributed by atoms with Crippen molar-refractivity contribution in [3.8, 4) is 23.0 Å². The lowest BCUT2D eigenvalue weighted by Gasteiger charge is -2.31. The third kappa shape index (κ3) is 5.20. The van der Waals surface area contributed by atoms with E-state index < -0.39 is 0 Å². The molecule has 0 saturated heterocycles. The van der Waals surface area contributed by atoms with Crippen molar-refractivity contribution in [2.75, 3.05) is 0 Å². The summed E-state index contributed by atoms with van der Waals surface area (Å²) in [7, 11) is 0. The molecule has 0 radical (unpaired) electrons. The van der Waals surface area contributed by atoms with Gasteiger partial charge in [0.1, 0.15) is 23.1 Å². The molecular weight excluding hydrogens is 571 g/mol. The van der Waals surface area contributed by atoms with Gasteiger partial charge in [0.15, 0.2) is 0 Å². The summed E-state index contributed by atoms with van der Waals surface area (Å²) in [5.41, 5.74) is 8.18. The number of hydrogen-bond donors (Lipinski definition) is 0. The third-order valence-electron chi connectivity index (χ3n) is 9.42. The molecule has 0 unspecified atom stereocenters. The molecule has 1 aliphatic rings. The average molecular weight is 613 g/mol. The van der Waals surface area contributed by atoms with Crippen molar-refractivity contribution in [2.24, 2.45) is 5.92 Å². The molecule has 0 spiro atoms. The van der Waals surface area contributed by atoms with E-state index in [1.807, 2.05) is 47.0 Å². The van der Waals surface area contributed by atoms with Crippen molar-refractivity contribution < 1.29 is 9.13 Å². The largest absolute Gasteiger partial charge is 0.457 e. The van der Waals surface area contributed by atoms with E-state index in [4.69, 9.17) is 9.84 Å². The second-order valence-electron chi connectivity index (χ2n) is 13.3. The average Bonchev–Trinajstić information content (AvgIpc) is 3.58. The molecular formula is C40H41FN4O. The number of nitrogens with zero attached hydrogens (tertiary/aromatic N) is 4. The molecule has 3 aromatic carbocycles. The number of ether oxygens (including phenoxy) is 1. The lowest BCUT2D eigenvalue weighted by atomic mass is 9.73. The number of allylic oxidation sites excluding steroid dienone is 2. The van der Waals surface area contributed by atoms with Gasteiger partial charge in [0, 0.05) is 46.6 Å². The van der Waals surface area contributed by atoms with Crippen LogP contribution >= 0.6 is 0 Å². The molecule has 3 aromatic heterocycles. The van der Waals surface area contributed by atoms with Gasteiger partial charge in [0.25, 0.3) is 0 Å². The summed E-state index contributed by atoms with van der Waals surface area (Å²) in [6, 6.07) is 25.2. The first-order chi connectivity index (χ1) is 22.2. The highest BCUT2D eigenvalue weighted by atomic mass is 19.1. The number of rotatable bonds is 7. The van der Waals surface area contributed by atoms with Crippen LogP contribution in [0.5, 0.6) is 11.5 Å². The van der Waals surface area contributed by atoms with E-state index in [2.05, 4.69) is 81.5 Å². The van der Waals surface area contributed by atoms with E-state index in [0.717, 1.165) is 39.7 Å². The van der Waals surface area contributed by atoms with Gasteiger partial charge in [-0.15, -0.1) is 0 Å². The minimum atomic E-state index is -0.326. The summed E-state index contributed by atoms with van der Waals surface area (Å²) in [5, 5.41) is 7.43. The van der Waals surface area contributed by atoms with Crippen LogP contribution in [0.1, 0.15) is 89.1 Å². The first-order valence-electron chi connectivity index (χ1n) is 16.4. The molecule has 7 rings (SSSR count). The van der Waals surface area contributed by atoms with E-state index in [1.165, 1.54) is 47.3 Å². The van der Waals surface area contributed by atoms with E-state index in [-0.39, 0.29) is 5.82 Å². The van der Waals surface area contributed by atoms with Gasteiger partial charge in [-0.25, -0.2) is 14.1 Å². The standard InChI is InChI=1S/C40H41FN4O/c1-24(2)39-38(37-26(5)11-9-12-27(37)6)40(25(3)4)45(43-39)29-13-10-14-30(22-29)46-31-17-18-33-32-15-7-8-16-34(32)44(35(33)23-31)36-21-28(41)19-20-42-36/h7-8,10-11,13-25,27,37H,9,12H2,1-6H3/t27-,37+/m0/s1. The maximum Gasteiger partial charge on any atom is 0.140 e. The predicted molar refractivity (Wildman–Crippen MR) is 185 cm³/mol. The van der Waals surface area contributed by atoms with Gasteiger partial charge in [-0.2, -0.15) is 5.10 Å². The van der Waals surface area contributed by atoms with Crippen molar-refractivity contribution in [2.45, 2.75) is 72.1 Å². The molecule has 6 heteroatoms. The maximum absolute atomic E-state index is 14.3. The number of halogens is 1. The van der Waals surface area contributed by atoms with E-state index >= 15 is 0 Å². The Bertz CT molecular complexity index is 2100. The Balaban J connectivity index is 1.31. The van der Waals surface area contributed by atoms with E-state index in [1.54, 1.807) is 0 Å². The van der Waals surface area contributed by atoms with Crippen LogP contribution in [0.25, 0.3) is 33.3 Å². The van der Waals surface area contributed by atoms with Gasteiger partial charge in [-0.05, 0) is 73.9 Å². The number of benzene rings is 3. The molecule has 3 heterocycles. The lowest BCUT2D eigenvalue weighted by Crippen LogP contribution is -2.18. The Morgan fingerprint density at radius 2 is 1.63 bits per heavy atom. The number of aromatic nitrogens is 4. The lowest BCUT2D eigenvalue weighted by molar-refractivity contribution is 0.443. The monoisotopic (exact) mass is 612 g/mol. The molecule has 6 aromatic rings. The fourth-order valence-electron chi connectivity index (χ4n) is 7.38. The molecule has 2 atom stereocenters.